The highest BCUT2D eigenvalue weighted by Gasteiger charge is 2.37. The molecule has 2 aromatic rings. The maximum atomic E-state index is 12.2. The molecule has 1 aliphatic rings. The first-order valence-corrected chi connectivity index (χ1v) is 8.31. The summed E-state index contributed by atoms with van der Waals surface area (Å²) in [4.78, 5) is 12.2. The lowest BCUT2D eigenvalue weighted by Gasteiger charge is -2.15. The number of amides is 1. The van der Waals surface area contributed by atoms with E-state index in [4.69, 9.17) is 4.74 Å². The SMILES string of the molecule is CC1c2ccccc2OC1C(=O)NS(=O)(=O)Cc1ccon1. The van der Waals surface area contributed by atoms with E-state index in [0.29, 0.717) is 5.75 Å². The Morgan fingerprint density at radius 1 is 1.32 bits per heavy atom. The Balaban J connectivity index is 1.71. The van der Waals surface area contributed by atoms with Crippen molar-refractivity contribution in [3.63, 3.8) is 0 Å². The molecule has 22 heavy (non-hydrogen) atoms. The van der Waals surface area contributed by atoms with Gasteiger partial charge in [0.05, 0.1) is 0 Å². The lowest BCUT2D eigenvalue weighted by atomic mass is 9.97. The van der Waals surface area contributed by atoms with Crippen LogP contribution in [0.4, 0.5) is 0 Å². The second kappa shape index (κ2) is 5.45. The molecule has 2 heterocycles. The Kier molecular flexibility index (Phi) is 3.61. The summed E-state index contributed by atoms with van der Waals surface area (Å²) < 4.78 is 36.1. The average molecular weight is 322 g/mol. The van der Waals surface area contributed by atoms with Crippen molar-refractivity contribution in [1.29, 1.82) is 0 Å². The monoisotopic (exact) mass is 322 g/mol. The van der Waals surface area contributed by atoms with Gasteiger partial charge in [-0.3, -0.25) is 4.79 Å². The predicted octanol–water partition coefficient (Wildman–Crippen LogP) is 1.19. The summed E-state index contributed by atoms with van der Waals surface area (Å²) in [6.07, 6.45) is 0.398. The van der Waals surface area contributed by atoms with Crippen molar-refractivity contribution >= 4 is 15.9 Å². The normalized spacial score (nSPS) is 20.2. The Morgan fingerprint density at radius 3 is 2.77 bits per heavy atom. The van der Waals surface area contributed by atoms with E-state index in [2.05, 4.69) is 9.68 Å². The zero-order valence-corrected chi connectivity index (χ0v) is 12.5. The molecule has 0 saturated carbocycles. The fraction of sp³-hybridized carbons (Fsp3) is 0.286. The Hall–Kier alpha value is -2.35. The van der Waals surface area contributed by atoms with Gasteiger partial charge < -0.3 is 9.26 Å². The second-order valence-corrected chi connectivity index (χ2v) is 6.80. The van der Waals surface area contributed by atoms with Crippen molar-refractivity contribution in [2.24, 2.45) is 0 Å². The molecule has 0 bridgehead atoms. The van der Waals surface area contributed by atoms with Crippen LogP contribution in [0.2, 0.25) is 0 Å². The molecule has 0 spiro atoms. The standard InChI is InChI=1S/C14H14N2O5S/c1-9-11-4-2-3-5-12(11)21-13(9)14(17)16-22(18,19)8-10-6-7-20-15-10/h2-7,9,13H,8H2,1H3,(H,16,17). The molecule has 0 radical (unpaired) electrons. The lowest BCUT2D eigenvalue weighted by molar-refractivity contribution is -0.126. The Bertz CT molecular complexity index is 785. The average Bonchev–Trinajstić information content (AvgIpc) is 3.06. The number of nitrogens with zero attached hydrogens (tertiary/aromatic N) is 1. The van der Waals surface area contributed by atoms with Gasteiger partial charge in [-0.2, -0.15) is 0 Å². The van der Waals surface area contributed by atoms with Crippen LogP contribution >= 0.6 is 0 Å². The van der Waals surface area contributed by atoms with Crippen LogP contribution in [0.25, 0.3) is 0 Å². The summed E-state index contributed by atoms with van der Waals surface area (Å²) in [5, 5.41) is 3.52. The molecule has 7 nitrogen and oxygen atoms in total. The molecule has 1 aliphatic heterocycles. The third kappa shape index (κ3) is 2.82. The van der Waals surface area contributed by atoms with Crippen molar-refractivity contribution in [3.05, 3.63) is 47.9 Å². The van der Waals surface area contributed by atoms with Crippen molar-refractivity contribution in [3.8, 4) is 5.75 Å². The topological polar surface area (TPSA) is 98.5 Å². The summed E-state index contributed by atoms with van der Waals surface area (Å²) in [6.45, 7) is 1.82. The summed E-state index contributed by atoms with van der Waals surface area (Å²) in [5.41, 5.74) is 1.11. The molecule has 2 atom stereocenters. The smallest absolute Gasteiger partial charge is 0.275 e. The first kappa shape index (κ1) is 14.6. The molecule has 0 aliphatic carbocycles. The second-order valence-electron chi connectivity index (χ2n) is 5.08. The molecule has 1 N–H and O–H groups in total. The van der Waals surface area contributed by atoms with E-state index in [0.717, 1.165) is 5.56 Å². The maximum absolute atomic E-state index is 12.2. The number of nitrogens with one attached hydrogen (secondary N) is 1. The molecule has 1 amide bonds. The highest BCUT2D eigenvalue weighted by molar-refractivity contribution is 7.89. The zero-order valence-electron chi connectivity index (χ0n) is 11.7. The number of benzene rings is 1. The molecule has 1 aromatic carbocycles. The third-order valence-electron chi connectivity index (χ3n) is 3.46. The number of carbonyl (C=O) groups is 1. The molecule has 3 rings (SSSR count). The number of hydrogen-bond donors (Lipinski definition) is 1. The van der Waals surface area contributed by atoms with Crippen molar-refractivity contribution in [2.75, 3.05) is 0 Å². The number of sulfonamides is 1. The van der Waals surface area contributed by atoms with E-state index in [1.807, 2.05) is 23.8 Å². The van der Waals surface area contributed by atoms with Crippen LogP contribution < -0.4 is 9.46 Å². The predicted molar refractivity (Wildman–Crippen MR) is 76.5 cm³/mol. The zero-order chi connectivity index (χ0) is 15.7. The van der Waals surface area contributed by atoms with Gasteiger partial charge in [-0.25, -0.2) is 13.1 Å². The van der Waals surface area contributed by atoms with Crippen LogP contribution in [0, 0.1) is 0 Å². The summed E-state index contributed by atoms with van der Waals surface area (Å²) in [6, 6.07) is 8.68. The number of ether oxygens (including phenoxy) is 1. The number of rotatable bonds is 4. The van der Waals surface area contributed by atoms with Gasteiger partial charge in [0.25, 0.3) is 5.91 Å². The molecule has 8 heteroatoms. The van der Waals surface area contributed by atoms with E-state index in [9.17, 15) is 13.2 Å². The minimum atomic E-state index is -3.85. The molecular weight excluding hydrogens is 308 g/mol. The summed E-state index contributed by atoms with van der Waals surface area (Å²) >= 11 is 0. The third-order valence-corrected chi connectivity index (χ3v) is 4.65. The van der Waals surface area contributed by atoms with E-state index in [-0.39, 0.29) is 11.6 Å². The molecule has 2 unspecified atom stereocenters. The fourth-order valence-electron chi connectivity index (χ4n) is 2.40. The quantitative estimate of drug-likeness (QED) is 0.907. The largest absolute Gasteiger partial charge is 0.480 e. The highest BCUT2D eigenvalue weighted by Crippen LogP contribution is 2.37. The van der Waals surface area contributed by atoms with E-state index < -0.39 is 27.8 Å². The van der Waals surface area contributed by atoms with E-state index >= 15 is 0 Å². The van der Waals surface area contributed by atoms with Gasteiger partial charge >= 0.3 is 0 Å². The summed E-state index contributed by atoms with van der Waals surface area (Å²) in [7, 11) is -3.85. The highest BCUT2D eigenvalue weighted by atomic mass is 32.2. The van der Waals surface area contributed by atoms with Gasteiger partial charge in [-0.05, 0) is 6.07 Å². The van der Waals surface area contributed by atoms with Crippen LogP contribution in [0.3, 0.4) is 0 Å². The number of aromatic nitrogens is 1. The minimum Gasteiger partial charge on any atom is -0.480 e. The van der Waals surface area contributed by atoms with Crippen LogP contribution in [-0.4, -0.2) is 25.6 Å². The molecule has 0 fully saturated rings. The van der Waals surface area contributed by atoms with Crippen LogP contribution in [0.5, 0.6) is 5.75 Å². The van der Waals surface area contributed by atoms with Crippen LogP contribution in [-0.2, 0) is 20.6 Å². The van der Waals surface area contributed by atoms with Gasteiger partial charge in [0.2, 0.25) is 10.0 Å². The number of fused-ring (bicyclic) bond motifs is 1. The van der Waals surface area contributed by atoms with Gasteiger partial charge in [-0.15, -0.1) is 0 Å². The number of hydrogen-bond acceptors (Lipinski definition) is 6. The molecule has 116 valence electrons. The van der Waals surface area contributed by atoms with Gasteiger partial charge in [-0.1, -0.05) is 30.3 Å². The Morgan fingerprint density at radius 2 is 2.09 bits per heavy atom. The van der Waals surface area contributed by atoms with Gasteiger partial charge in [0, 0.05) is 17.5 Å². The first-order chi connectivity index (χ1) is 10.5. The van der Waals surface area contributed by atoms with Crippen LogP contribution in [0.15, 0.2) is 41.1 Å². The maximum Gasteiger partial charge on any atom is 0.275 e. The number of para-hydroxylation sites is 1. The van der Waals surface area contributed by atoms with Crippen LogP contribution in [0.1, 0.15) is 24.1 Å². The lowest BCUT2D eigenvalue weighted by Crippen LogP contribution is -2.42. The molecule has 1 aromatic heterocycles. The molecule has 0 saturated heterocycles. The minimum absolute atomic E-state index is 0.224. The summed E-state index contributed by atoms with van der Waals surface area (Å²) in [5.74, 6) is -0.738. The fourth-order valence-corrected chi connectivity index (χ4v) is 3.43. The van der Waals surface area contributed by atoms with E-state index in [1.54, 1.807) is 12.1 Å². The van der Waals surface area contributed by atoms with Gasteiger partial charge in [0.15, 0.2) is 6.10 Å². The van der Waals surface area contributed by atoms with E-state index in [1.165, 1.54) is 12.3 Å². The van der Waals surface area contributed by atoms with Crippen molar-refractivity contribution < 1.29 is 22.5 Å². The van der Waals surface area contributed by atoms with Crippen molar-refractivity contribution in [2.45, 2.75) is 24.7 Å². The van der Waals surface area contributed by atoms with Gasteiger partial charge in [0.1, 0.15) is 23.5 Å². The molecular formula is C14H14N2O5S. The first-order valence-electron chi connectivity index (χ1n) is 6.65. The number of carbonyl (C=O) groups excluding carboxylic acids is 1. The van der Waals surface area contributed by atoms with Crippen molar-refractivity contribution in [1.82, 2.24) is 9.88 Å². The Labute approximate surface area is 127 Å².